The van der Waals surface area contributed by atoms with Gasteiger partial charge in [-0.15, -0.1) is 0 Å². The monoisotopic (exact) mass is 1090 g/mol. The van der Waals surface area contributed by atoms with Gasteiger partial charge in [0.25, 0.3) is 0 Å². The summed E-state index contributed by atoms with van der Waals surface area (Å²) in [6.45, 7) is 2.67. The molecule has 2 aliphatic heterocycles. The summed E-state index contributed by atoms with van der Waals surface area (Å²) in [4.78, 5) is 13.2. The predicted molar refractivity (Wildman–Crippen MR) is 309 cm³/mol. The first-order valence-corrected chi connectivity index (χ1v) is 30.7. The van der Waals surface area contributed by atoms with Crippen molar-refractivity contribution in [2.45, 2.75) is 299 Å². The Balaban J connectivity index is 1.66. The molecule has 0 aromatic heterocycles. The molecule has 2 saturated heterocycles. The van der Waals surface area contributed by atoms with Crippen LogP contribution in [-0.4, -0.2) is 140 Å². The van der Waals surface area contributed by atoms with E-state index in [0.29, 0.717) is 6.42 Å². The van der Waals surface area contributed by atoms with E-state index < -0.39 is 86.8 Å². The number of rotatable bonds is 48. The van der Waals surface area contributed by atoms with Gasteiger partial charge in [0.05, 0.1) is 32.0 Å². The molecule has 446 valence electrons. The van der Waals surface area contributed by atoms with Crippen LogP contribution < -0.4 is 5.32 Å². The Morgan fingerprint density at radius 1 is 0.481 bits per heavy atom. The van der Waals surface area contributed by atoms with Crippen LogP contribution in [0.5, 0.6) is 0 Å². The zero-order valence-corrected chi connectivity index (χ0v) is 47.9. The smallest absolute Gasteiger partial charge is 0.220 e. The molecule has 0 bridgehead atoms. The number of hydrogen-bond acceptors (Lipinski definition) is 13. The third kappa shape index (κ3) is 33.7. The number of amides is 1. The molecule has 2 fully saturated rings. The minimum absolute atomic E-state index is 0.242. The normalized spacial score (nSPS) is 25.2. The Morgan fingerprint density at radius 3 is 1.38 bits per heavy atom. The quantitative estimate of drug-likeness (QED) is 0.0204. The molecular formula is C63H111NO13. The number of unbranched alkanes of at least 4 members (excludes halogenated alkanes) is 25. The van der Waals surface area contributed by atoms with E-state index >= 15 is 0 Å². The van der Waals surface area contributed by atoms with E-state index in [4.69, 9.17) is 18.9 Å². The topological polar surface area (TPSA) is 228 Å². The second-order valence-corrected chi connectivity index (χ2v) is 21.5. The fourth-order valence-electron chi connectivity index (χ4n) is 9.73. The van der Waals surface area contributed by atoms with Crippen LogP contribution in [0.25, 0.3) is 0 Å². The number of carbonyl (C=O) groups is 1. The summed E-state index contributed by atoms with van der Waals surface area (Å²) in [7, 11) is 0. The SMILES string of the molecule is CC/C=C\C/C=C\C/C=C\C/C=C\C/C=C\CCCCCCCCCCCCCCCCCC(=O)NC(COC1OC(CO)C(OC2OC(CO)C(O)C(O)C2O)C(O)C1O)C(O)/C=C/CCCCCCCCCCCC. The van der Waals surface area contributed by atoms with Crippen LogP contribution in [-0.2, 0) is 23.7 Å². The molecule has 14 nitrogen and oxygen atoms in total. The van der Waals surface area contributed by atoms with Gasteiger partial charge in [-0.1, -0.05) is 228 Å². The van der Waals surface area contributed by atoms with Crippen LogP contribution >= 0.6 is 0 Å². The fraction of sp³-hybridized carbons (Fsp3) is 0.794. The molecule has 2 rings (SSSR count). The Bertz CT molecular complexity index is 1570. The molecular weight excluding hydrogens is 979 g/mol. The summed E-state index contributed by atoms with van der Waals surface area (Å²) >= 11 is 0. The van der Waals surface area contributed by atoms with E-state index in [-0.39, 0.29) is 18.9 Å². The molecule has 2 heterocycles. The number of allylic oxidation sites excluding steroid dienone is 11. The maximum atomic E-state index is 13.2. The molecule has 12 atom stereocenters. The van der Waals surface area contributed by atoms with Gasteiger partial charge in [0.2, 0.25) is 5.91 Å². The van der Waals surface area contributed by atoms with Gasteiger partial charge in [0.1, 0.15) is 48.8 Å². The highest BCUT2D eigenvalue weighted by Gasteiger charge is 2.51. The lowest BCUT2D eigenvalue weighted by molar-refractivity contribution is -0.359. The second kappa shape index (κ2) is 48.2. The summed E-state index contributed by atoms with van der Waals surface area (Å²) in [6.07, 6.45) is 46.7. The van der Waals surface area contributed by atoms with E-state index in [9.17, 15) is 45.6 Å². The average molecular weight is 1090 g/mol. The van der Waals surface area contributed by atoms with E-state index in [2.05, 4.69) is 79.9 Å². The summed E-state index contributed by atoms with van der Waals surface area (Å²) in [6, 6.07) is -0.916. The van der Waals surface area contributed by atoms with Crippen molar-refractivity contribution in [3.05, 3.63) is 72.9 Å². The first-order chi connectivity index (χ1) is 37.6. The average Bonchev–Trinajstić information content (AvgIpc) is 3.43. The third-order valence-electron chi connectivity index (χ3n) is 14.6. The second-order valence-electron chi connectivity index (χ2n) is 21.5. The maximum Gasteiger partial charge on any atom is 0.220 e. The lowest BCUT2D eigenvalue weighted by Gasteiger charge is -2.46. The first-order valence-electron chi connectivity index (χ1n) is 30.7. The van der Waals surface area contributed by atoms with Crippen molar-refractivity contribution in [2.75, 3.05) is 19.8 Å². The van der Waals surface area contributed by atoms with E-state index in [1.807, 2.05) is 6.08 Å². The zero-order chi connectivity index (χ0) is 56.0. The molecule has 0 spiro atoms. The number of nitrogens with one attached hydrogen (secondary N) is 1. The molecule has 0 saturated carbocycles. The number of aliphatic hydroxyl groups is 8. The Morgan fingerprint density at radius 2 is 0.896 bits per heavy atom. The molecule has 77 heavy (non-hydrogen) atoms. The summed E-state index contributed by atoms with van der Waals surface area (Å²) in [5.41, 5.74) is 0. The summed E-state index contributed by atoms with van der Waals surface area (Å²) in [5.74, 6) is -0.242. The molecule has 0 aliphatic carbocycles. The zero-order valence-electron chi connectivity index (χ0n) is 47.9. The summed E-state index contributed by atoms with van der Waals surface area (Å²) in [5, 5.41) is 87.0. The van der Waals surface area contributed by atoms with Gasteiger partial charge >= 0.3 is 0 Å². The number of hydrogen-bond donors (Lipinski definition) is 9. The van der Waals surface area contributed by atoms with Gasteiger partial charge in [0, 0.05) is 6.42 Å². The highest BCUT2D eigenvalue weighted by molar-refractivity contribution is 5.76. The molecule has 2 aliphatic rings. The molecule has 9 N–H and O–H groups in total. The van der Waals surface area contributed by atoms with Crippen molar-refractivity contribution < 1.29 is 64.6 Å². The molecule has 1 amide bonds. The van der Waals surface area contributed by atoms with Crippen LogP contribution in [0, 0.1) is 0 Å². The standard InChI is InChI=1S/C63H111NO13/c1-3-5-7-9-11-13-15-17-18-19-20-21-22-23-24-25-26-27-28-29-30-31-32-33-34-35-37-39-41-43-45-47-55(68)64-51(52(67)46-44-42-40-38-36-16-14-12-10-8-6-4-2)50-74-62-60(73)58(71)61(54(49-66)76-62)77-63-59(72)57(70)56(69)53(48-65)75-63/h5,7,11,13,17-18,20-21,23-24,44,46,51-54,56-63,65-67,69-73H,3-4,6,8-10,12,14-16,19,22,25-43,45,47-50H2,1-2H3,(H,64,68)/b7-5-,13-11-,18-17-,21-20-,24-23-,46-44+. The Kier molecular flexibility index (Phi) is 44.1. The fourth-order valence-corrected chi connectivity index (χ4v) is 9.73. The molecule has 0 aromatic rings. The number of carbonyl (C=O) groups excluding carboxylic acids is 1. The van der Waals surface area contributed by atoms with Gasteiger partial charge in [-0.25, -0.2) is 0 Å². The third-order valence-corrected chi connectivity index (χ3v) is 14.6. The van der Waals surface area contributed by atoms with E-state index in [1.165, 1.54) is 128 Å². The number of aliphatic hydroxyl groups excluding tert-OH is 8. The van der Waals surface area contributed by atoms with Crippen molar-refractivity contribution in [2.24, 2.45) is 0 Å². The van der Waals surface area contributed by atoms with Crippen LogP contribution in [0.2, 0.25) is 0 Å². The largest absolute Gasteiger partial charge is 0.394 e. The Labute approximate surface area is 466 Å². The minimum Gasteiger partial charge on any atom is -0.394 e. The minimum atomic E-state index is -1.79. The predicted octanol–water partition coefficient (Wildman–Crippen LogP) is 10.7. The van der Waals surface area contributed by atoms with E-state index in [0.717, 1.165) is 70.6 Å². The summed E-state index contributed by atoms with van der Waals surface area (Å²) < 4.78 is 22.7. The van der Waals surface area contributed by atoms with Crippen molar-refractivity contribution in [1.82, 2.24) is 5.32 Å². The van der Waals surface area contributed by atoms with Crippen LogP contribution in [0.15, 0.2) is 72.9 Å². The molecule has 14 heteroatoms. The van der Waals surface area contributed by atoms with Gasteiger partial charge < -0.3 is 65.1 Å². The van der Waals surface area contributed by atoms with Gasteiger partial charge in [-0.05, 0) is 64.2 Å². The van der Waals surface area contributed by atoms with Crippen molar-refractivity contribution in [3.8, 4) is 0 Å². The molecule has 0 aromatic carbocycles. The van der Waals surface area contributed by atoms with Gasteiger partial charge in [0.15, 0.2) is 12.6 Å². The van der Waals surface area contributed by atoms with Crippen molar-refractivity contribution in [3.63, 3.8) is 0 Å². The van der Waals surface area contributed by atoms with Crippen molar-refractivity contribution in [1.29, 1.82) is 0 Å². The Hall–Kier alpha value is -2.57. The first kappa shape index (κ1) is 70.5. The molecule has 12 unspecified atom stereocenters. The van der Waals surface area contributed by atoms with E-state index in [1.54, 1.807) is 6.08 Å². The van der Waals surface area contributed by atoms with Crippen molar-refractivity contribution >= 4 is 5.91 Å². The van der Waals surface area contributed by atoms with Gasteiger partial charge in [-0.3, -0.25) is 4.79 Å². The number of ether oxygens (including phenoxy) is 4. The lowest BCUT2D eigenvalue weighted by Crippen LogP contribution is -2.65. The highest BCUT2D eigenvalue weighted by Crippen LogP contribution is 2.30. The van der Waals surface area contributed by atoms with Crippen LogP contribution in [0.1, 0.15) is 226 Å². The molecule has 0 radical (unpaired) electrons. The lowest BCUT2D eigenvalue weighted by atomic mass is 9.97. The maximum absolute atomic E-state index is 13.2. The van der Waals surface area contributed by atoms with Crippen LogP contribution in [0.3, 0.4) is 0 Å². The highest BCUT2D eigenvalue weighted by atomic mass is 16.7. The van der Waals surface area contributed by atoms with Gasteiger partial charge in [-0.2, -0.15) is 0 Å². The van der Waals surface area contributed by atoms with Crippen LogP contribution in [0.4, 0.5) is 0 Å².